The summed E-state index contributed by atoms with van der Waals surface area (Å²) in [6.07, 6.45) is 5.63. The fourth-order valence-electron chi connectivity index (χ4n) is 1.06. The third-order valence-corrected chi connectivity index (χ3v) is 1.60. The highest BCUT2D eigenvalue weighted by atomic mass is 16.5. The Hall–Kier alpha value is -0.790. The molecule has 0 saturated heterocycles. The fraction of sp³-hybridized carbons (Fsp3) is 0.625. The Labute approximate surface area is 60.9 Å². The number of hydrogen-bond donors (Lipinski definition) is 0. The lowest BCUT2D eigenvalue weighted by Gasteiger charge is -2.00. The van der Waals surface area contributed by atoms with Gasteiger partial charge >= 0.3 is 5.97 Å². The molecule has 2 heteroatoms. The van der Waals surface area contributed by atoms with Gasteiger partial charge in [0, 0.05) is 6.92 Å². The molecule has 0 aliphatic heterocycles. The average Bonchev–Trinajstić information content (AvgIpc) is 2.34. The molecule has 1 aliphatic carbocycles. The summed E-state index contributed by atoms with van der Waals surface area (Å²) in [4.78, 5) is 10.4. The SMILES string of the molecule is CC(=O)OCC1=CCCC1. The second-order valence-electron chi connectivity index (χ2n) is 2.53. The molecule has 0 N–H and O–H groups in total. The summed E-state index contributed by atoms with van der Waals surface area (Å²) in [5.41, 5.74) is 1.27. The molecule has 0 spiro atoms. The zero-order chi connectivity index (χ0) is 7.40. The average molecular weight is 140 g/mol. The van der Waals surface area contributed by atoms with E-state index in [-0.39, 0.29) is 5.97 Å². The van der Waals surface area contributed by atoms with Gasteiger partial charge in [0.05, 0.1) is 0 Å². The smallest absolute Gasteiger partial charge is 0.302 e. The summed E-state index contributed by atoms with van der Waals surface area (Å²) in [7, 11) is 0. The van der Waals surface area contributed by atoms with Gasteiger partial charge in [-0.1, -0.05) is 6.08 Å². The van der Waals surface area contributed by atoms with Crippen LogP contribution in [0.4, 0.5) is 0 Å². The minimum Gasteiger partial charge on any atom is -0.461 e. The summed E-state index contributed by atoms with van der Waals surface area (Å²) in [6.45, 7) is 1.95. The van der Waals surface area contributed by atoms with E-state index in [1.54, 1.807) is 0 Å². The van der Waals surface area contributed by atoms with Crippen LogP contribution in [0, 0.1) is 0 Å². The first-order chi connectivity index (χ1) is 4.79. The molecule has 56 valence electrons. The van der Waals surface area contributed by atoms with Gasteiger partial charge in [-0.05, 0) is 24.8 Å². The predicted octanol–water partition coefficient (Wildman–Crippen LogP) is 1.66. The van der Waals surface area contributed by atoms with E-state index in [0.717, 1.165) is 12.8 Å². The maximum absolute atomic E-state index is 10.4. The topological polar surface area (TPSA) is 26.3 Å². The molecular formula is C8H12O2. The van der Waals surface area contributed by atoms with E-state index >= 15 is 0 Å². The van der Waals surface area contributed by atoms with E-state index in [1.807, 2.05) is 0 Å². The van der Waals surface area contributed by atoms with Gasteiger partial charge in [-0.2, -0.15) is 0 Å². The molecule has 0 radical (unpaired) electrons. The molecule has 0 aromatic carbocycles. The quantitative estimate of drug-likeness (QED) is 0.430. The normalized spacial score (nSPS) is 16.7. The summed E-state index contributed by atoms with van der Waals surface area (Å²) in [5, 5.41) is 0. The van der Waals surface area contributed by atoms with Crippen LogP contribution in [0.5, 0.6) is 0 Å². The van der Waals surface area contributed by atoms with Crippen LogP contribution < -0.4 is 0 Å². The monoisotopic (exact) mass is 140 g/mol. The van der Waals surface area contributed by atoms with Crippen molar-refractivity contribution in [2.75, 3.05) is 6.61 Å². The molecule has 1 aliphatic rings. The summed E-state index contributed by atoms with van der Waals surface area (Å²) < 4.78 is 4.82. The van der Waals surface area contributed by atoms with Crippen molar-refractivity contribution < 1.29 is 9.53 Å². The van der Waals surface area contributed by atoms with E-state index < -0.39 is 0 Å². The van der Waals surface area contributed by atoms with Crippen LogP contribution in [-0.2, 0) is 9.53 Å². The molecular weight excluding hydrogens is 128 g/mol. The predicted molar refractivity (Wildman–Crippen MR) is 38.6 cm³/mol. The van der Waals surface area contributed by atoms with E-state index in [0.29, 0.717) is 6.61 Å². The summed E-state index contributed by atoms with van der Waals surface area (Å²) in [6, 6.07) is 0. The Morgan fingerprint density at radius 2 is 2.60 bits per heavy atom. The van der Waals surface area contributed by atoms with Crippen LogP contribution in [0.15, 0.2) is 11.6 Å². The first kappa shape index (κ1) is 7.32. The number of esters is 1. The zero-order valence-electron chi connectivity index (χ0n) is 6.22. The Morgan fingerprint density at radius 3 is 3.10 bits per heavy atom. The minimum absolute atomic E-state index is 0.187. The van der Waals surface area contributed by atoms with Gasteiger partial charge in [-0.25, -0.2) is 0 Å². The van der Waals surface area contributed by atoms with Crippen LogP contribution in [0.25, 0.3) is 0 Å². The van der Waals surface area contributed by atoms with Crippen LogP contribution in [0.3, 0.4) is 0 Å². The highest BCUT2D eigenvalue weighted by Gasteiger charge is 2.04. The van der Waals surface area contributed by atoms with Gasteiger partial charge in [0.25, 0.3) is 0 Å². The Kier molecular flexibility index (Phi) is 2.49. The van der Waals surface area contributed by atoms with Crippen molar-refractivity contribution in [3.63, 3.8) is 0 Å². The van der Waals surface area contributed by atoms with Crippen molar-refractivity contribution in [1.82, 2.24) is 0 Å². The number of rotatable bonds is 2. The molecule has 0 unspecified atom stereocenters. The Bertz CT molecular complexity index is 159. The van der Waals surface area contributed by atoms with Crippen molar-refractivity contribution >= 4 is 5.97 Å². The molecule has 0 saturated carbocycles. The zero-order valence-corrected chi connectivity index (χ0v) is 6.22. The lowest BCUT2D eigenvalue weighted by Crippen LogP contribution is -2.01. The van der Waals surface area contributed by atoms with Gasteiger partial charge < -0.3 is 4.74 Å². The summed E-state index contributed by atoms with van der Waals surface area (Å²) >= 11 is 0. The van der Waals surface area contributed by atoms with Gasteiger partial charge in [0.1, 0.15) is 6.61 Å². The van der Waals surface area contributed by atoms with Crippen molar-refractivity contribution in [2.24, 2.45) is 0 Å². The maximum atomic E-state index is 10.4. The standard InChI is InChI=1S/C8H12O2/c1-7(9)10-6-8-4-2-3-5-8/h4H,2-3,5-6H2,1H3. The first-order valence-electron chi connectivity index (χ1n) is 3.60. The highest BCUT2D eigenvalue weighted by Crippen LogP contribution is 2.17. The molecule has 0 atom stereocenters. The van der Waals surface area contributed by atoms with Crippen molar-refractivity contribution in [1.29, 1.82) is 0 Å². The molecule has 0 aromatic heterocycles. The molecule has 0 fully saturated rings. The van der Waals surface area contributed by atoms with Crippen LogP contribution >= 0.6 is 0 Å². The van der Waals surface area contributed by atoms with Crippen LogP contribution in [0.2, 0.25) is 0 Å². The van der Waals surface area contributed by atoms with E-state index in [4.69, 9.17) is 4.74 Å². The molecule has 10 heavy (non-hydrogen) atoms. The number of hydrogen-bond acceptors (Lipinski definition) is 2. The molecule has 0 amide bonds. The first-order valence-corrected chi connectivity index (χ1v) is 3.60. The Morgan fingerprint density at radius 1 is 1.80 bits per heavy atom. The number of ether oxygens (including phenoxy) is 1. The lowest BCUT2D eigenvalue weighted by atomic mass is 10.2. The van der Waals surface area contributed by atoms with E-state index in [2.05, 4.69) is 6.08 Å². The number of carbonyl (C=O) groups excluding carboxylic acids is 1. The number of carbonyl (C=O) groups is 1. The lowest BCUT2D eigenvalue weighted by molar-refractivity contribution is -0.140. The fourth-order valence-corrected chi connectivity index (χ4v) is 1.06. The van der Waals surface area contributed by atoms with Gasteiger partial charge in [0.15, 0.2) is 0 Å². The molecule has 1 rings (SSSR count). The summed E-state index contributed by atoms with van der Waals surface area (Å²) in [5.74, 6) is -0.187. The molecule has 0 bridgehead atoms. The third kappa shape index (κ3) is 2.21. The van der Waals surface area contributed by atoms with Crippen LogP contribution in [-0.4, -0.2) is 12.6 Å². The molecule has 0 heterocycles. The van der Waals surface area contributed by atoms with E-state index in [9.17, 15) is 4.79 Å². The highest BCUT2D eigenvalue weighted by molar-refractivity contribution is 5.66. The molecule has 0 aromatic rings. The van der Waals surface area contributed by atoms with Crippen molar-refractivity contribution in [3.05, 3.63) is 11.6 Å². The largest absolute Gasteiger partial charge is 0.461 e. The van der Waals surface area contributed by atoms with Gasteiger partial charge in [-0.3, -0.25) is 4.79 Å². The maximum Gasteiger partial charge on any atom is 0.302 e. The second kappa shape index (κ2) is 3.40. The van der Waals surface area contributed by atoms with Gasteiger partial charge in [-0.15, -0.1) is 0 Å². The van der Waals surface area contributed by atoms with E-state index in [1.165, 1.54) is 18.9 Å². The second-order valence-corrected chi connectivity index (χ2v) is 2.53. The van der Waals surface area contributed by atoms with Crippen molar-refractivity contribution in [2.45, 2.75) is 26.2 Å². The van der Waals surface area contributed by atoms with Gasteiger partial charge in [0.2, 0.25) is 0 Å². The van der Waals surface area contributed by atoms with Crippen LogP contribution in [0.1, 0.15) is 26.2 Å². The minimum atomic E-state index is -0.187. The molecule has 2 nitrogen and oxygen atoms in total. The number of allylic oxidation sites excluding steroid dienone is 1. The van der Waals surface area contributed by atoms with Crippen molar-refractivity contribution in [3.8, 4) is 0 Å². The third-order valence-electron chi connectivity index (χ3n) is 1.60. The Balaban J connectivity index is 2.19.